The van der Waals surface area contributed by atoms with E-state index in [-0.39, 0.29) is 6.61 Å². The van der Waals surface area contributed by atoms with Crippen molar-refractivity contribution in [1.82, 2.24) is 19.7 Å². The van der Waals surface area contributed by atoms with E-state index in [2.05, 4.69) is 15.1 Å². The van der Waals surface area contributed by atoms with Gasteiger partial charge in [-0.15, -0.1) is 0 Å². The van der Waals surface area contributed by atoms with Crippen LogP contribution in [0.25, 0.3) is 22.2 Å². The number of hydrogen-bond acceptors (Lipinski definition) is 4. The maximum Gasteiger partial charge on any atom is 0.128 e. The van der Waals surface area contributed by atoms with Crippen LogP contribution in [0.2, 0.25) is 0 Å². The molecular formula is C19H18N4O2. The lowest BCUT2D eigenvalue weighted by molar-refractivity contribution is 0.0905. The molecular weight excluding hydrogens is 316 g/mol. The minimum atomic E-state index is -0.672. The quantitative estimate of drug-likeness (QED) is 0.568. The highest BCUT2D eigenvalue weighted by Crippen LogP contribution is 2.24. The summed E-state index contributed by atoms with van der Waals surface area (Å²) in [5, 5.41) is 15.7. The van der Waals surface area contributed by atoms with Gasteiger partial charge in [0.05, 0.1) is 12.2 Å². The largest absolute Gasteiger partial charge is 0.490 e. The van der Waals surface area contributed by atoms with Gasteiger partial charge in [-0.2, -0.15) is 5.10 Å². The van der Waals surface area contributed by atoms with Gasteiger partial charge in [0.1, 0.15) is 18.5 Å². The van der Waals surface area contributed by atoms with Gasteiger partial charge in [-0.25, -0.2) is 0 Å². The number of nitrogens with one attached hydrogen (secondary N) is 1. The van der Waals surface area contributed by atoms with Crippen molar-refractivity contribution in [3.05, 3.63) is 67.3 Å². The Balaban J connectivity index is 1.44. The number of fused-ring (bicyclic) bond motifs is 1. The summed E-state index contributed by atoms with van der Waals surface area (Å²) in [4.78, 5) is 7.18. The fourth-order valence-electron chi connectivity index (χ4n) is 2.87. The Bertz CT molecular complexity index is 962. The molecule has 0 aliphatic carbocycles. The van der Waals surface area contributed by atoms with E-state index >= 15 is 0 Å². The summed E-state index contributed by atoms with van der Waals surface area (Å²) in [6.07, 6.45) is 6.41. The number of aliphatic hydroxyl groups excluding tert-OH is 1. The van der Waals surface area contributed by atoms with Gasteiger partial charge < -0.3 is 14.8 Å². The van der Waals surface area contributed by atoms with Crippen molar-refractivity contribution in [3.63, 3.8) is 0 Å². The zero-order valence-corrected chi connectivity index (χ0v) is 13.5. The molecule has 0 aliphatic rings. The first-order valence-corrected chi connectivity index (χ1v) is 8.10. The summed E-state index contributed by atoms with van der Waals surface area (Å²) in [6.45, 7) is 0.549. The van der Waals surface area contributed by atoms with Crippen molar-refractivity contribution in [2.24, 2.45) is 0 Å². The van der Waals surface area contributed by atoms with Crippen molar-refractivity contribution in [1.29, 1.82) is 0 Å². The first-order valence-electron chi connectivity index (χ1n) is 8.10. The second-order valence-corrected chi connectivity index (χ2v) is 5.79. The van der Waals surface area contributed by atoms with E-state index in [1.807, 2.05) is 48.7 Å². The summed E-state index contributed by atoms with van der Waals surface area (Å²) < 4.78 is 7.59. The van der Waals surface area contributed by atoms with Gasteiger partial charge in [0, 0.05) is 41.3 Å². The molecule has 0 aliphatic heterocycles. The number of aliphatic hydroxyl groups is 1. The molecule has 6 nitrogen and oxygen atoms in total. The lowest BCUT2D eigenvalue weighted by Gasteiger charge is -2.15. The third-order valence-corrected chi connectivity index (χ3v) is 4.06. The molecule has 1 atom stereocenters. The minimum absolute atomic E-state index is 0.194. The van der Waals surface area contributed by atoms with Gasteiger partial charge in [-0.3, -0.25) is 9.67 Å². The molecule has 0 spiro atoms. The second-order valence-electron chi connectivity index (χ2n) is 5.79. The van der Waals surface area contributed by atoms with E-state index < -0.39 is 6.10 Å². The van der Waals surface area contributed by atoms with E-state index in [1.165, 1.54) is 0 Å². The van der Waals surface area contributed by atoms with E-state index in [4.69, 9.17) is 4.74 Å². The Morgan fingerprint density at radius 3 is 2.84 bits per heavy atom. The SMILES string of the molecule is O[C@H](COc1cccc2[nH]ccc12)Cn1nccc1-c1ccncc1. The van der Waals surface area contributed by atoms with Gasteiger partial charge in [-0.1, -0.05) is 6.07 Å². The predicted molar refractivity (Wildman–Crippen MR) is 95.3 cm³/mol. The smallest absolute Gasteiger partial charge is 0.128 e. The number of aromatic nitrogens is 4. The molecule has 6 heteroatoms. The van der Waals surface area contributed by atoms with Crippen molar-refractivity contribution >= 4 is 10.9 Å². The van der Waals surface area contributed by atoms with Crippen LogP contribution in [0.1, 0.15) is 0 Å². The fraction of sp³-hybridized carbons (Fsp3) is 0.158. The van der Waals surface area contributed by atoms with Crippen LogP contribution in [-0.4, -0.2) is 37.6 Å². The molecule has 2 N–H and O–H groups in total. The van der Waals surface area contributed by atoms with Crippen LogP contribution in [0.3, 0.4) is 0 Å². The predicted octanol–water partition coefficient (Wildman–Crippen LogP) is 2.87. The highest BCUT2D eigenvalue weighted by Gasteiger charge is 2.12. The lowest BCUT2D eigenvalue weighted by Crippen LogP contribution is -2.24. The van der Waals surface area contributed by atoms with Gasteiger partial charge in [0.2, 0.25) is 0 Å². The van der Waals surface area contributed by atoms with Crippen molar-refractivity contribution in [2.45, 2.75) is 12.6 Å². The van der Waals surface area contributed by atoms with E-state index in [9.17, 15) is 5.11 Å². The third kappa shape index (κ3) is 3.25. The third-order valence-electron chi connectivity index (χ3n) is 4.06. The van der Waals surface area contributed by atoms with Crippen LogP contribution in [0.5, 0.6) is 5.75 Å². The summed E-state index contributed by atoms with van der Waals surface area (Å²) in [6, 6.07) is 13.5. The molecule has 0 amide bonds. The van der Waals surface area contributed by atoms with Crippen molar-refractivity contribution < 1.29 is 9.84 Å². The van der Waals surface area contributed by atoms with Crippen LogP contribution in [0.4, 0.5) is 0 Å². The van der Waals surface area contributed by atoms with Crippen molar-refractivity contribution in [3.8, 4) is 17.0 Å². The number of nitrogens with zero attached hydrogens (tertiary/aromatic N) is 3. The molecule has 0 saturated carbocycles. The highest BCUT2D eigenvalue weighted by atomic mass is 16.5. The topological polar surface area (TPSA) is 76.0 Å². The molecule has 0 bridgehead atoms. The number of pyridine rings is 1. The van der Waals surface area contributed by atoms with Crippen LogP contribution < -0.4 is 4.74 Å². The maximum atomic E-state index is 10.4. The minimum Gasteiger partial charge on any atom is -0.490 e. The number of H-pyrrole nitrogens is 1. The zero-order valence-electron chi connectivity index (χ0n) is 13.5. The number of rotatable bonds is 6. The summed E-state index contributed by atoms with van der Waals surface area (Å²) in [5.41, 5.74) is 2.96. The number of ether oxygens (including phenoxy) is 1. The standard InChI is InChI=1S/C19H18N4O2/c24-15(13-25-19-3-1-2-17-16(19)6-10-21-17)12-23-18(7-11-22-23)14-4-8-20-9-5-14/h1-11,15,21,24H,12-13H2/t15-/m0/s1. The molecule has 4 aromatic rings. The highest BCUT2D eigenvalue weighted by molar-refractivity contribution is 5.85. The molecule has 25 heavy (non-hydrogen) atoms. The monoisotopic (exact) mass is 334 g/mol. The number of aromatic amines is 1. The average Bonchev–Trinajstić information content (AvgIpc) is 3.30. The zero-order chi connectivity index (χ0) is 17.1. The summed E-state index contributed by atoms with van der Waals surface area (Å²) >= 11 is 0. The second kappa shape index (κ2) is 6.78. The normalized spacial score (nSPS) is 12.4. The summed E-state index contributed by atoms with van der Waals surface area (Å²) in [7, 11) is 0. The Morgan fingerprint density at radius 2 is 1.96 bits per heavy atom. The molecule has 0 unspecified atom stereocenters. The molecule has 0 saturated heterocycles. The van der Waals surface area contributed by atoms with Crippen LogP contribution in [0, 0.1) is 0 Å². The molecule has 126 valence electrons. The lowest BCUT2D eigenvalue weighted by atomic mass is 10.2. The molecule has 4 rings (SSSR count). The van der Waals surface area contributed by atoms with E-state index in [0.717, 1.165) is 27.9 Å². The Hall–Kier alpha value is -3.12. The average molecular weight is 334 g/mol. The number of benzene rings is 1. The van der Waals surface area contributed by atoms with Gasteiger partial charge in [-0.05, 0) is 36.4 Å². The first kappa shape index (κ1) is 15.4. The van der Waals surface area contributed by atoms with Crippen LogP contribution in [-0.2, 0) is 6.54 Å². The Labute approximate surface area is 144 Å². The molecule has 1 aromatic carbocycles. The maximum absolute atomic E-state index is 10.4. The molecule has 3 aromatic heterocycles. The number of hydrogen-bond donors (Lipinski definition) is 2. The van der Waals surface area contributed by atoms with Crippen LogP contribution in [0.15, 0.2) is 67.3 Å². The summed E-state index contributed by atoms with van der Waals surface area (Å²) in [5.74, 6) is 0.757. The van der Waals surface area contributed by atoms with Crippen molar-refractivity contribution in [2.75, 3.05) is 6.61 Å². The first-order chi connectivity index (χ1) is 12.3. The molecule has 0 radical (unpaired) electrons. The fourth-order valence-corrected chi connectivity index (χ4v) is 2.87. The van der Waals surface area contributed by atoms with E-state index in [1.54, 1.807) is 23.3 Å². The van der Waals surface area contributed by atoms with Crippen LogP contribution >= 0.6 is 0 Å². The molecule has 0 fully saturated rings. The van der Waals surface area contributed by atoms with Gasteiger partial charge in [0.25, 0.3) is 0 Å². The van der Waals surface area contributed by atoms with E-state index in [0.29, 0.717) is 6.54 Å². The van der Waals surface area contributed by atoms with Gasteiger partial charge in [0.15, 0.2) is 0 Å². The van der Waals surface area contributed by atoms with Gasteiger partial charge >= 0.3 is 0 Å². The Morgan fingerprint density at radius 1 is 1.08 bits per heavy atom. The Kier molecular flexibility index (Phi) is 4.18. The molecule has 3 heterocycles.